The van der Waals surface area contributed by atoms with Gasteiger partial charge in [-0.05, 0) is 94.3 Å². The first-order valence-electron chi connectivity index (χ1n) is 15.6. The van der Waals surface area contributed by atoms with Crippen molar-refractivity contribution in [3.8, 4) is 6.01 Å². The molecule has 42 heavy (non-hydrogen) atoms. The van der Waals surface area contributed by atoms with E-state index in [0.717, 1.165) is 37.3 Å². The summed E-state index contributed by atoms with van der Waals surface area (Å²) >= 11 is 0. The van der Waals surface area contributed by atoms with Crippen LogP contribution in [-0.4, -0.2) is 77.1 Å². The molecule has 0 radical (unpaired) electrons. The maximum atomic E-state index is 12.5. The Morgan fingerprint density at radius 2 is 1.86 bits per heavy atom. The fourth-order valence-corrected chi connectivity index (χ4v) is 7.65. The van der Waals surface area contributed by atoms with Crippen LogP contribution in [0.15, 0.2) is 49.1 Å². The van der Waals surface area contributed by atoms with E-state index in [0.29, 0.717) is 43.6 Å². The summed E-state index contributed by atoms with van der Waals surface area (Å²) in [6, 6.07) is 14.5. The highest BCUT2D eigenvalue weighted by Crippen LogP contribution is 2.43. The number of ether oxygens (including phenoxy) is 1. The van der Waals surface area contributed by atoms with E-state index >= 15 is 0 Å². The molecule has 2 unspecified atom stereocenters. The number of benzene rings is 2. The number of carbonyl (C=O) groups excluding carboxylic acids is 1. The van der Waals surface area contributed by atoms with Crippen molar-refractivity contribution in [1.82, 2.24) is 19.8 Å². The van der Waals surface area contributed by atoms with Crippen LogP contribution in [-0.2, 0) is 17.6 Å². The summed E-state index contributed by atoms with van der Waals surface area (Å²) in [5, 5.41) is 2.64. The van der Waals surface area contributed by atoms with Gasteiger partial charge in [0.2, 0.25) is 5.91 Å². The molecule has 0 bridgehead atoms. The third-order valence-electron chi connectivity index (χ3n) is 9.84. The predicted molar refractivity (Wildman–Crippen MR) is 169 cm³/mol. The summed E-state index contributed by atoms with van der Waals surface area (Å²) in [6.07, 6.45) is 5.53. The Balaban J connectivity index is 1.39. The van der Waals surface area contributed by atoms with E-state index in [-0.39, 0.29) is 18.0 Å². The Morgan fingerprint density at radius 3 is 2.57 bits per heavy atom. The van der Waals surface area contributed by atoms with Gasteiger partial charge in [-0.15, -0.1) is 0 Å². The summed E-state index contributed by atoms with van der Waals surface area (Å²) in [7, 11) is 2.17. The van der Waals surface area contributed by atoms with Crippen molar-refractivity contribution in [2.75, 3.05) is 38.2 Å². The van der Waals surface area contributed by atoms with Gasteiger partial charge in [0.1, 0.15) is 12.4 Å². The van der Waals surface area contributed by atoms with E-state index in [1.54, 1.807) is 0 Å². The van der Waals surface area contributed by atoms with E-state index in [9.17, 15) is 4.79 Å². The molecule has 1 amide bonds. The zero-order chi connectivity index (χ0) is 29.5. The zero-order valence-corrected chi connectivity index (χ0v) is 25.8. The molecule has 0 N–H and O–H groups in total. The molecular weight excluding hydrogens is 522 g/mol. The highest BCUT2D eigenvalue weighted by atomic mass is 16.5. The van der Waals surface area contributed by atoms with Crippen molar-refractivity contribution >= 4 is 22.5 Å². The van der Waals surface area contributed by atoms with Crippen molar-refractivity contribution < 1.29 is 9.53 Å². The lowest BCUT2D eigenvalue weighted by Gasteiger charge is -2.46. The predicted octanol–water partition coefficient (Wildman–Crippen LogP) is 5.54. The molecule has 0 spiro atoms. The summed E-state index contributed by atoms with van der Waals surface area (Å²) < 4.78 is 6.39. The average molecular weight is 568 g/mol. The van der Waals surface area contributed by atoms with Gasteiger partial charge in [0.05, 0.1) is 5.69 Å². The fourth-order valence-electron chi connectivity index (χ4n) is 7.65. The van der Waals surface area contributed by atoms with Gasteiger partial charge in [0.25, 0.3) is 0 Å². The summed E-state index contributed by atoms with van der Waals surface area (Å²) in [4.78, 5) is 29.4. The van der Waals surface area contributed by atoms with Crippen LogP contribution >= 0.6 is 0 Å². The van der Waals surface area contributed by atoms with E-state index in [2.05, 4.69) is 87.5 Å². The van der Waals surface area contributed by atoms with Crippen LogP contribution in [0.1, 0.15) is 61.9 Å². The van der Waals surface area contributed by atoms with Gasteiger partial charge < -0.3 is 19.4 Å². The highest BCUT2D eigenvalue weighted by Gasteiger charge is 2.38. The van der Waals surface area contributed by atoms with Crippen LogP contribution < -0.4 is 9.64 Å². The van der Waals surface area contributed by atoms with Crippen molar-refractivity contribution in [2.24, 2.45) is 5.92 Å². The Bertz CT molecular complexity index is 1480. The maximum Gasteiger partial charge on any atom is 0.318 e. The summed E-state index contributed by atoms with van der Waals surface area (Å²) in [5.74, 6) is 1.76. The van der Waals surface area contributed by atoms with Crippen LogP contribution in [0.2, 0.25) is 0 Å². The van der Waals surface area contributed by atoms with E-state index < -0.39 is 0 Å². The first-order valence-corrected chi connectivity index (χ1v) is 15.6. The number of anilines is 1. The number of hydrogen-bond donors (Lipinski definition) is 0. The van der Waals surface area contributed by atoms with Crippen LogP contribution in [0.3, 0.4) is 0 Å². The van der Waals surface area contributed by atoms with Gasteiger partial charge in [0.15, 0.2) is 0 Å². The molecule has 3 aliphatic rings. The summed E-state index contributed by atoms with van der Waals surface area (Å²) in [5.41, 5.74) is 5.05. The quantitative estimate of drug-likeness (QED) is 0.365. The molecule has 1 aromatic heterocycles. The summed E-state index contributed by atoms with van der Waals surface area (Å²) in [6.45, 7) is 15.7. The van der Waals surface area contributed by atoms with Crippen LogP contribution in [0.5, 0.6) is 6.01 Å². The molecule has 0 saturated carbocycles. The number of aryl methyl sites for hydroxylation is 1. The van der Waals surface area contributed by atoms with Crippen molar-refractivity contribution in [3.05, 3.63) is 71.4 Å². The van der Waals surface area contributed by atoms with Crippen molar-refractivity contribution in [2.45, 2.75) is 77.4 Å². The van der Waals surface area contributed by atoms with Crippen LogP contribution in [0.4, 0.5) is 5.82 Å². The lowest BCUT2D eigenvalue weighted by molar-refractivity contribution is -0.127. The van der Waals surface area contributed by atoms with Crippen LogP contribution in [0, 0.1) is 12.8 Å². The average Bonchev–Trinajstić information content (AvgIpc) is 3.39. The molecule has 2 fully saturated rings. The van der Waals surface area contributed by atoms with Gasteiger partial charge in [-0.3, -0.25) is 4.79 Å². The Labute approximate surface area is 250 Å². The Hall–Kier alpha value is -3.45. The van der Waals surface area contributed by atoms with Gasteiger partial charge in [0, 0.05) is 36.8 Å². The number of piperazine rings is 1. The van der Waals surface area contributed by atoms with Gasteiger partial charge in [-0.25, -0.2) is 0 Å². The standard InChI is InChI=1S/C35H45N5O2/c1-7-33(41)39-19-24(4)40(25(5)20-39)34-31-17-23(3)29(30-16-22(2)15-26-11-8-9-13-28(26)30)18-32(31)36-35(37-34)42-21-27-12-10-14-38(27)6/h7-9,11,13,15-16,23-25,27,29H,1,10,12,14,17-21H2,2-6H3/t23?,24-,25-,27-,29?/m0/s1. The molecule has 2 aliphatic heterocycles. The smallest absolute Gasteiger partial charge is 0.318 e. The van der Waals surface area contributed by atoms with Gasteiger partial charge in [-0.1, -0.05) is 55.5 Å². The molecule has 7 nitrogen and oxygen atoms in total. The Morgan fingerprint density at radius 1 is 1.10 bits per heavy atom. The number of aromatic nitrogens is 2. The number of fused-ring (bicyclic) bond motifs is 2. The monoisotopic (exact) mass is 567 g/mol. The highest BCUT2D eigenvalue weighted by molar-refractivity contribution is 5.88. The minimum Gasteiger partial charge on any atom is -0.462 e. The molecular formula is C35H45N5O2. The molecule has 5 atom stereocenters. The minimum absolute atomic E-state index is 0.00961. The van der Waals surface area contributed by atoms with Gasteiger partial charge in [-0.2, -0.15) is 9.97 Å². The molecule has 3 aromatic rings. The van der Waals surface area contributed by atoms with Gasteiger partial charge >= 0.3 is 6.01 Å². The zero-order valence-electron chi connectivity index (χ0n) is 25.8. The molecule has 6 rings (SSSR count). The third kappa shape index (κ3) is 5.39. The number of likely N-dealkylation sites (N-methyl/N-ethyl adjacent to an activating group) is 1. The van der Waals surface area contributed by atoms with Crippen molar-refractivity contribution in [3.63, 3.8) is 0 Å². The number of amides is 1. The van der Waals surface area contributed by atoms with E-state index in [1.165, 1.54) is 40.0 Å². The normalized spacial score (nSPS) is 26.4. The lowest BCUT2D eigenvalue weighted by Crippen LogP contribution is -2.58. The van der Waals surface area contributed by atoms with Crippen molar-refractivity contribution in [1.29, 1.82) is 0 Å². The molecule has 3 heterocycles. The first-order chi connectivity index (χ1) is 20.2. The van der Waals surface area contributed by atoms with E-state index in [1.807, 2.05) is 4.90 Å². The molecule has 222 valence electrons. The molecule has 2 aromatic carbocycles. The fraction of sp³-hybridized carbons (Fsp3) is 0.514. The molecule has 2 saturated heterocycles. The third-order valence-corrected chi connectivity index (χ3v) is 9.84. The van der Waals surface area contributed by atoms with Crippen LogP contribution in [0.25, 0.3) is 10.8 Å². The number of hydrogen-bond acceptors (Lipinski definition) is 6. The maximum absolute atomic E-state index is 12.5. The topological polar surface area (TPSA) is 61.8 Å². The SMILES string of the molecule is C=CC(=O)N1C[C@H](C)N(c2nc(OC[C@@H]3CCCN3C)nc3c2CC(C)C(c2cc(C)cc4ccccc24)C3)[C@@H](C)C1. The van der Waals surface area contributed by atoms with E-state index in [4.69, 9.17) is 14.7 Å². The minimum atomic E-state index is -0.00961. The first kappa shape index (κ1) is 28.7. The molecule has 1 aliphatic carbocycles. The number of carbonyl (C=O) groups is 1. The second-order valence-electron chi connectivity index (χ2n) is 13.0. The Kier molecular flexibility index (Phi) is 7.97. The second kappa shape index (κ2) is 11.7. The number of nitrogens with zero attached hydrogens (tertiary/aromatic N) is 5. The molecule has 7 heteroatoms. The lowest BCUT2D eigenvalue weighted by atomic mass is 9.73. The number of likely N-dealkylation sites (tertiary alicyclic amines) is 1. The largest absolute Gasteiger partial charge is 0.462 e. The second-order valence-corrected chi connectivity index (χ2v) is 13.0. The number of rotatable bonds is 6.